The molecule has 0 saturated carbocycles. The zero-order valence-electron chi connectivity index (χ0n) is 14.1. The van der Waals surface area contributed by atoms with Gasteiger partial charge in [-0.1, -0.05) is 24.3 Å². The maximum Gasteiger partial charge on any atom is 0.320 e. The zero-order valence-corrected chi connectivity index (χ0v) is 14.1. The number of anilines is 1. The van der Waals surface area contributed by atoms with Crippen molar-refractivity contribution in [2.24, 2.45) is 5.73 Å². The third kappa shape index (κ3) is 4.74. The molecule has 2 aromatic rings. The van der Waals surface area contributed by atoms with Crippen LogP contribution in [0.3, 0.4) is 0 Å². The summed E-state index contributed by atoms with van der Waals surface area (Å²) in [6.07, 6.45) is 3.88. The maximum absolute atomic E-state index is 10.9. The topological polar surface area (TPSA) is 95.6 Å². The molecule has 25 heavy (non-hydrogen) atoms. The summed E-state index contributed by atoms with van der Waals surface area (Å²) in [4.78, 5) is 24.1. The smallest absolute Gasteiger partial charge is 0.320 e. The molecule has 0 radical (unpaired) electrons. The largest absolute Gasteiger partial charge is 0.480 e. The second kappa shape index (κ2) is 8.04. The molecule has 7 heteroatoms. The number of piperazine rings is 1. The van der Waals surface area contributed by atoms with E-state index in [9.17, 15) is 4.79 Å². The Hall–Kier alpha value is -2.51. The third-order valence-corrected chi connectivity index (χ3v) is 4.38. The van der Waals surface area contributed by atoms with Crippen LogP contribution in [0.4, 0.5) is 5.95 Å². The molecule has 1 unspecified atom stereocenters. The van der Waals surface area contributed by atoms with Crippen molar-refractivity contribution in [1.29, 1.82) is 0 Å². The first-order valence-corrected chi connectivity index (χ1v) is 8.42. The molecule has 2 heterocycles. The highest BCUT2D eigenvalue weighted by Gasteiger charge is 2.19. The highest BCUT2D eigenvalue weighted by atomic mass is 16.4. The average molecular weight is 341 g/mol. The van der Waals surface area contributed by atoms with E-state index in [4.69, 9.17) is 10.8 Å². The lowest BCUT2D eigenvalue weighted by Crippen LogP contribution is -2.46. The number of hydrogen-bond donors (Lipinski definition) is 2. The predicted molar refractivity (Wildman–Crippen MR) is 95.3 cm³/mol. The quantitative estimate of drug-likeness (QED) is 0.800. The van der Waals surface area contributed by atoms with Crippen molar-refractivity contribution in [2.75, 3.05) is 31.1 Å². The Bertz CT molecular complexity index is 702. The SMILES string of the molecule is NC(Cc1cccc(CN2CCN(c3ncccn3)CC2)c1)C(=O)O. The summed E-state index contributed by atoms with van der Waals surface area (Å²) >= 11 is 0. The van der Waals surface area contributed by atoms with Gasteiger partial charge in [0.1, 0.15) is 6.04 Å². The van der Waals surface area contributed by atoms with Crippen molar-refractivity contribution >= 4 is 11.9 Å². The van der Waals surface area contributed by atoms with Gasteiger partial charge in [-0.15, -0.1) is 0 Å². The van der Waals surface area contributed by atoms with Crippen LogP contribution < -0.4 is 10.6 Å². The molecule has 7 nitrogen and oxygen atoms in total. The summed E-state index contributed by atoms with van der Waals surface area (Å²) in [6, 6.07) is 8.98. The Labute approximate surface area is 147 Å². The maximum atomic E-state index is 10.9. The lowest BCUT2D eigenvalue weighted by Gasteiger charge is -2.34. The molecule has 1 aromatic heterocycles. The summed E-state index contributed by atoms with van der Waals surface area (Å²) in [5.74, 6) is -0.184. The van der Waals surface area contributed by atoms with Gasteiger partial charge >= 0.3 is 5.97 Å². The van der Waals surface area contributed by atoms with Crippen molar-refractivity contribution in [1.82, 2.24) is 14.9 Å². The van der Waals surface area contributed by atoms with Crippen LogP contribution in [0.2, 0.25) is 0 Å². The minimum Gasteiger partial charge on any atom is -0.480 e. The van der Waals surface area contributed by atoms with Gasteiger partial charge in [-0.2, -0.15) is 0 Å². The van der Waals surface area contributed by atoms with E-state index in [-0.39, 0.29) is 0 Å². The lowest BCUT2D eigenvalue weighted by atomic mass is 10.0. The molecule has 3 rings (SSSR count). The number of carboxylic acids is 1. The molecule has 1 aromatic carbocycles. The molecule has 1 aliphatic rings. The van der Waals surface area contributed by atoms with Crippen LogP contribution in [0, 0.1) is 0 Å². The van der Waals surface area contributed by atoms with Crippen LogP contribution in [-0.4, -0.2) is 58.2 Å². The molecule has 0 bridgehead atoms. The van der Waals surface area contributed by atoms with E-state index in [1.165, 1.54) is 5.56 Å². The van der Waals surface area contributed by atoms with E-state index in [0.717, 1.165) is 44.2 Å². The fourth-order valence-electron chi connectivity index (χ4n) is 3.01. The number of carboxylic acid groups (broad SMARTS) is 1. The summed E-state index contributed by atoms with van der Waals surface area (Å²) in [6.45, 7) is 4.52. The van der Waals surface area contributed by atoms with E-state index < -0.39 is 12.0 Å². The fourth-order valence-corrected chi connectivity index (χ4v) is 3.01. The highest BCUT2D eigenvalue weighted by molar-refractivity contribution is 5.73. The summed E-state index contributed by atoms with van der Waals surface area (Å²) < 4.78 is 0. The Morgan fingerprint density at radius 1 is 1.12 bits per heavy atom. The molecular weight excluding hydrogens is 318 g/mol. The number of aromatic nitrogens is 2. The Morgan fingerprint density at radius 3 is 2.48 bits per heavy atom. The second-order valence-corrected chi connectivity index (χ2v) is 6.28. The Kier molecular flexibility index (Phi) is 5.57. The summed E-state index contributed by atoms with van der Waals surface area (Å²) in [7, 11) is 0. The van der Waals surface area contributed by atoms with Crippen LogP contribution in [0.25, 0.3) is 0 Å². The highest BCUT2D eigenvalue weighted by Crippen LogP contribution is 2.14. The van der Waals surface area contributed by atoms with Gasteiger partial charge in [0.05, 0.1) is 0 Å². The van der Waals surface area contributed by atoms with Crippen LogP contribution in [-0.2, 0) is 17.8 Å². The van der Waals surface area contributed by atoms with Gasteiger partial charge in [0.25, 0.3) is 0 Å². The summed E-state index contributed by atoms with van der Waals surface area (Å²) in [5, 5.41) is 8.94. The lowest BCUT2D eigenvalue weighted by molar-refractivity contribution is -0.138. The third-order valence-electron chi connectivity index (χ3n) is 4.38. The van der Waals surface area contributed by atoms with Crippen LogP contribution in [0.1, 0.15) is 11.1 Å². The van der Waals surface area contributed by atoms with Gasteiger partial charge in [0, 0.05) is 45.1 Å². The minimum absolute atomic E-state index is 0.350. The van der Waals surface area contributed by atoms with Crippen LogP contribution in [0.15, 0.2) is 42.7 Å². The van der Waals surface area contributed by atoms with Crippen molar-refractivity contribution in [3.63, 3.8) is 0 Å². The van der Waals surface area contributed by atoms with E-state index in [1.807, 2.05) is 18.2 Å². The number of nitrogens with two attached hydrogens (primary N) is 1. The molecule has 1 aliphatic heterocycles. The van der Waals surface area contributed by atoms with Gasteiger partial charge in [-0.05, 0) is 23.6 Å². The number of hydrogen-bond acceptors (Lipinski definition) is 6. The number of rotatable bonds is 6. The zero-order chi connectivity index (χ0) is 17.6. The molecule has 0 amide bonds. The van der Waals surface area contributed by atoms with Gasteiger partial charge in [-0.25, -0.2) is 9.97 Å². The molecule has 1 atom stereocenters. The van der Waals surface area contributed by atoms with E-state index >= 15 is 0 Å². The fraction of sp³-hybridized carbons (Fsp3) is 0.389. The van der Waals surface area contributed by atoms with Gasteiger partial charge in [0.15, 0.2) is 0 Å². The van der Waals surface area contributed by atoms with E-state index in [2.05, 4.69) is 31.9 Å². The molecule has 0 spiro atoms. The Morgan fingerprint density at radius 2 is 1.80 bits per heavy atom. The monoisotopic (exact) mass is 341 g/mol. The standard InChI is InChI=1S/C18H23N5O2/c19-16(17(24)25)12-14-3-1-4-15(11-14)13-22-7-9-23(10-8-22)18-20-5-2-6-21-18/h1-6,11,16H,7-10,12-13,19H2,(H,24,25). The average Bonchev–Trinajstić information content (AvgIpc) is 2.63. The minimum atomic E-state index is -0.968. The van der Waals surface area contributed by atoms with E-state index in [0.29, 0.717) is 6.42 Å². The number of carbonyl (C=O) groups is 1. The Balaban J connectivity index is 1.54. The van der Waals surface area contributed by atoms with Crippen LogP contribution in [0.5, 0.6) is 0 Å². The number of benzene rings is 1. The molecular formula is C18H23N5O2. The second-order valence-electron chi connectivity index (χ2n) is 6.28. The molecule has 1 fully saturated rings. The van der Waals surface area contributed by atoms with Crippen molar-refractivity contribution < 1.29 is 9.90 Å². The van der Waals surface area contributed by atoms with Gasteiger partial charge < -0.3 is 15.7 Å². The number of nitrogens with zero attached hydrogens (tertiary/aromatic N) is 4. The molecule has 0 aliphatic carbocycles. The molecule has 132 valence electrons. The van der Waals surface area contributed by atoms with Crippen molar-refractivity contribution in [3.8, 4) is 0 Å². The molecule has 3 N–H and O–H groups in total. The van der Waals surface area contributed by atoms with Crippen molar-refractivity contribution in [3.05, 3.63) is 53.9 Å². The first kappa shape index (κ1) is 17.3. The first-order valence-electron chi connectivity index (χ1n) is 8.42. The van der Waals surface area contributed by atoms with E-state index in [1.54, 1.807) is 12.4 Å². The normalized spacial score (nSPS) is 16.6. The van der Waals surface area contributed by atoms with Crippen molar-refractivity contribution in [2.45, 2.75) is 19.0 Å². The molecule has 1 saturated heterocycles. The van der Waals surface area contributed by atoms with Crippen LogP contribution >= 0.6 is 0 Å². The van der Waals surface area contributed by atoms with Gasteiger partial charge in [0.2, 0.25) is 5.95 Å². The first-order chi connectivity index (χ1) is 12.1. The summed E-state index contributed by atoms with van der Waals surface area (Å²) in [5.41, 5.74) is 7.77. The number of aliphatic carboxylic acids is 1. The van der Waals surface area contributed by atoms with Gasteiger partial charge in [-0.3, -0.25) is 9.69 Å². The predicted octanol–water partition coefficient (Wildman–Crippen LogP) is 0.753.